The van der Waals surface area contributed by atoms with Gasteiger partial charge in [-0.25, -0.2) is 8.42 Å². The van der Waals surface area contributed by atoms with Crippen LogP contribution in [-0.2, 0) is 27.7 Å². The second kappa shape index (κ2) is 7.96. The first kappa shape index (κ1) is 20.7. The van der Waals surface area contributed by atoms with E-state index in [1.165, 1.54) is 0 Å². The van der Waals surface area contributed by atoms with Crippen molar-refractivity contribution in [2.24, 2.45) is 4.99 Å². The second-order valence-electron chi connectivity index (χ2n) is 7.27. The predicted molar refractivity (Wildman–Crippen MR) is 103 cm³/mol. The lowest BCUT2D eigenvalue weighted by Crippen LogP contribution is -2.57. The topological polar surface area (TPSA) is 88.8 Å². The molecule has 148 valence electrons. The Morgan fingerprint density at radius 1 is 1.38 bits per heavy atom. The average Bonchev–Trinajstić information content (AvgIpc) is 2.83. The highest BCUT2D eigenvalue weighted by molar-refractivity contribution is 7.92. The van der Waals surface area contributed by atoms with Crippen LogP contribution in [0.15, 0.2) is 4.99 Å². The van der Waals surface area contributed by atoms with Crippen molar-refractivity contribution in [1.29, 1.82) is 0 Å². The van der Waals surface area contributed by atoms with E-state index in [0.717, 1.165) is 29.5 Å². The van der Waals surface area contributed by atoms with E-state index in [4.69, 9.17) is 4.74 Å². The Kier molecular flexibility index (Phi) is 6.33. The molecule has 8 nitrogen and oxygen atoms in total. The molecule has 2 heterocycles. The molecule has 9 heteroatoms. The fraction of sp³-hybridized carbons (Fsp3) is 0.765. The van der Waals surface area contributed by atoms with E-state index in [0.29, 0.717) is 26.2 Å². The molecule has 1 saturated heterocycles. The Labute approximate surface area is 156 Å². The van der Waals surface area contributed by atoms with Crippen LogP contribution in [-0.4, -0.2) is 73.4 Å². The minimum atomic E-state index is -3.07. The third-order valence-electron chi connectivity index (χ3n) is 5.02. The molecular formula is C17H31N5O3S. The van der Waals surface area contributed by atoms with Gasteiger partial charge in [0, 0.05) is 45.0 Å². The van der Waals surface area contributed by atoms with Crippen LogP contribution in [0.4, 0.5) is 0 Å². The molecule has 0 saturated carbocycles. The number of ether oxygens (including phenoxy) is 1. The minimum Gasteiger partial charge on any atom is -0.383 e. The van der Waals surface area contributed by atoms with Crippen molar-refractivity contribution >= 4 is 15.8 Å². The first-order valence-corrected chi connectivity index (χ1v) is 10.5. The molecule has 1 aromatic heterocycles. The standard InChI is InChI=1S/C17H31N5O3S/c1-13-15(14(2)22(20-13)7-9-25-6)11-19-16(18-5)21-8-10-26(23,24)17(3,4)12-21/h7-12H2,1-6H3,(H,18,19). The third-order valence-corrected chi connectivity index (χ3v) is 7.55. The maximum Gasteiger partial charge on any atom is 0.193 e. The molecule has 1 aromatic rings. The smallest absolute Gasteiger partial charge is 0.193 e. The minimum absolute atomic E-state index is 0.147. The summed E-state index contributed by atoms with van der Waals surface area (Å²) >= 11 is 0. The van der Waals surface area contributed by atoms with Gasteiger partial charge in [0.2, 0.25) is 0 Å². The number of methoxy groups -OCH3 is 1. The van der Waals surface area contributed by atoms with Gasteiger partial charge in [-0.05, 0) is 27.7 Å². The zero-order valence-electron chi connectivity index (χ0n) is 16.7. The summed E-state index contributed by atoms with van der Waals surface area (Å²) in [6.07, 6.45) is 0. The lowest BCUT2D eigenvalue weighted by molar-refractivity contribution is 0.182. The van der Waals surface area contributed by atoms with E-state index in [2.05, 4.69) is 15.4 Å². The van der Waals surface area contributed by atoms with Gasteiger partial charge >= 0.3 is 0 Å². The number of sulfone groups is 1. The van der Waals surface area contributed by atoms with E-state index in [-0.39, 0.29) is 5.75 Å². The maximum absolute atomic E-state index is 12.2. The van der Waals surface area contributed by atoms with Crippen LogP contribution in [0.2, 0.25) is 0 Å². The number of nitrogens with one attached hydrogen (secondary N) is 1. The number of nitrogens with zero attached hydrogens (tertiary/aromatic N) is 4. The lowest BCUT2D eigenvalue weighted by Gasteiger charge is -2.39. The van der Waals surface area contributed by atoms with Gasteiger partial charge in [-0.15, -0.1) is 0 Å². The molecular weight excluding hydrogens is 354 g/mol. The summed E-state index contributed by atoms with van der Waals surface area (Å²) in [5.41, 5.74) is 3.21. The van der Waals surface area contributed by atoms with Gasteiger partial charge < -0.3 is 15.0 Å². The summed E-state index contributed by atoms with van der Waals surface area (Å²) < 4.78 is 30.7. The molecule has 0 aliphatic carbocycles. The van der Waals surface area contributed by atoms with Crippen molar-refractivity contribution in [3.63, 3.8) is 0 Å². The summed E-state index contributed by atoms with van der Waals surface area (Å²) in [6, 6.07) is 0. The Morgan fingerprint density at radius 3 is 2.65 bits per heavy atom. The maximum atomic E-state index is 12.2. The second-order valence-corrected chi connectivity index (χ2v) is 10.0. The van der Waals surface area contributed by atoms with E-state index in [1.54, 1.807) is 28.0 Å². The highest BCUT2D eigenvalue weighted by Gasteiger charge is 2.40. The van der Waals surface area contributed by atoms with Crippen LogP contribution in [0.1, 0.15) is 30.8 Å². The molecule has 0 unspecified atom stereocenters. The summed E-state index contributed by atoms with van der Waals surface area (Å²) in [5.74, 6) is 0.865. The number of aryl methyl sites for hydroxylation is 1. The molecule has 0 bridgehead atoms. The molecule has 26 heavy (non-hydrogen) atoms. The van der Waals surface area contributed by atoms with Crippen LogP contribution in [0.5, 0.6) is 0 Å². The average molecular weight is 386 g/mol. The Bertz CT molecular complexity index is 768. The fourth-order valence-electron chi connectivity index (χ4n) is 3.21. The van der Waals surface area contributed by atoms with Crippen LogP contribution >= 0.6 is 0 Å². The summed E-state index contributed by atoms with van der Waals surface area (Å²) in [7, 11) is 0.330. The molecule has 0 atom stereocenters. The third kappa shape index (κ3) is 4.20. The quantitative estimate of drug-likeness (QED) is 0.594. The van der Waals surface area contributed by atoms with Crippen molar-refractivity contribution in [3.05, 3.63) is 17.0 Å². The van der Waals surface area contributed by atoms with E-state index >= 15 is 0 Å². The van der Waals surface area contributed by atoms with Crippen molar-refractivity contribution in [3.8, 4) is 0 Å². The van der Waals surface area contributed by atoms with Gasteiger partial charge in [-0.2, -0.15) is 5.10 Å². The number of hydrogen-bond donors (Lipinski definition) is 1. The summed E-state index contributed by atoms with van der Waals surface area (Å²) in [6.45, 7) is 10.4. The SMILES string of the molecule is CN=C(NCc1c(C)nn(CCOC)c1C)N1CCS(=O)(=O)C(C)(C)C1. The highest BCUT2D eigenvalue weighted by atomic mass is 32.2. The monoisotopic (exact) mass is 385 g/mol. The largest absolute Gasteiger partial charge is 0.383 e. The molecule has 0 spiro atoms. The van der Waals surface area contributed by atoms with E-state index in [1.807, 2.05) is 23.4 Å². The Morgan fingerprint density at radius 2 is 2.08 bits per heavy atom. The number of rotatable bonds is 5. The molecule has 0 aromatic carbocycles. The van der Waals surface area contributed by atoms with Gasteiger partial charge in [-0.1, -0.05) is 0 Å². The first-order valence-electron chi connectivity index (χ1n) is 8.82. The van der Waals surface area contributed by atoms with Crippen LogP contribution in [0.25, 0.3) is 0 Å². The molecule has 1 N–H and O–H groups in total. The van der Waals surface area contributed by atoms with Gasteiger partial charge in [0.1, 0.15) is 0 Å². The molecule has 0 amide bonds. The number of hydrogen-bond acceptors (Lipinski definition) is 5. The van der Waals surface area contributed by atoms with Crippen molar-refractivity contribution in [2.75, 3.05) is 39.6 Å². The highest BCUT2D eigenvalue weighted by Crippen LogP contribution is 2.23. The van der Waals surface area contributed by atoms with Gasteiger partial charge in [0.15, 0.2) is 15.8 Å². The molecule has 2 rings (SSSR count). The number of aliphatic imine (C=N–C) groups is 1. The van der Waals surface area contributed by atoms with Crippen LogP contribution in [0.3, 0.4) is 0 Å². The van der Waals surface area contributed by atoms with Gasteiger partial charge in [0.25, 0.3) is 0 Å². The lowest BCUT2D eigenvalue weighted by atomic mass is 10.2. The summed E-state index contributed by atoms with van der Waals surface area (Å²) in [5, 5.41) is 7.94. The zero-order valence-corrected chi connectivity index (χ0v) is 17.5. The zero-order chi connectivity index (χ0) is 19.5. The first-order chi connectivity index (χ1) is 12.1. The molecule has 1 fully saturated rings. The van der Waals surface area contributed by atoms with Crippen LogP contribution < -0.4 is 5.32 Å². The van der Waals surface area contributed by atoms with E-state index in [9.17, 15) is 8.42 Å². The van der Waals surface area contributed by atoms with Crippen LogP contribution in [0, 0.1) is 13.8 Å². The van der Waals surface area contributed by atoms with Gasteiger partial charge in [-0.3, -0.25) is 9.67 Å². The van der Waals surface area contributed by atoms with Crippen molar-refractivity contribution in [2.45, 2.75) is 45.5 Å². The van der Waals surface area contributed by atoms with Gasteiger partial charge in [0.05, 0.1) is 29.3 Å². The Balaban J connectivity index is 2.08. The summed E-state index contributed by atoms with van der Waals surface area (Å²) in [4.78, 5) is 6.36. The fourth-order valence-corrected chi connectivity index (χ4v) is 4.58. The molecule has 0 radical (unpaired) electrons. The van der Waals surface area contributed by atoms with E-state index < -0.39 is 14.6 Å². The van der Waals surface area contributed by atoms with Crippen molar-refractivity contribution < 1.29 is 13.2 Å². The normalized spacial score (nSPS) is 19.6. The van der Waals surface area contributed by atoms with Crippen molar-refractivity contribution in [1.82, 2.24) is 20.0 Å². The predicted octanol–water partition coefficient (Wildman–Crippen LogP) is 0.731. The molecule has 1 aliphatic heterocycles. The number of guanidine groups is 1. The Hall–Kier alpha value is -1.61. The molecule has 1 aliphatic rings. The number of aromatic nitrogens is 2.